The fourth-order valence-electron chi connectivity index (χ4n) is 2.57. The first-order valence-corrected chi connectivity index (χ1v) is 7.74. The number of benzene rings is 3. The summed E-state index contributed by atoms with van der Waals surface area (Å²) in [6, 6.07) is 24.0. The topological polar surface area (TPSA) is 79.0 Å². The van der Waals surface area contributed by atoms with Crippen molar-refractivity contribution in [1.82, 2.24) is 0 Å². The van der Waals surface area contributed by atoms with E-state index in [0.29, 0.717) is 17.8 Å². The molecule has 0 saturated carbocycles. The van der Waals surface area contributed by atoms with E-state index in [1.54, 1.807) is 18.2 Å². The van der Waals surface area contributed by atoms with E-state index in [9.17, 15) is 15.4 Å². The average Bonchev–Trinajstić information content (AvgIpc) is 2.67. The maximum absolute atomic E-state index is 10.8. The van der Waals surface area contributed by atoms with Crippen LogP contribution in [0.3, 0.4) is 0 Å². The highest BCUT2D eigenvalue weighted by Crippen LogP contribution is 2.24. The first-order chi connectivity index (χ1) is 12.2. The summed E-state index contributed by atoms with van der Waals surface area (Å²) in [6.07, 6.45) is 0. The number of rotatable bonds is 5. The molecule has 0 amide bonds. The molecule has 122 valence electrons. The van der Waals surface area contributed by atoms with Crippen molar-refractivity contribution < 1.29 is 4.92 Å². The standard InChI is InChI=1S/C20H15N3O2/c21-13-17-4-1-2-7-20(17)16-10-8-15(9-11-16)14-22-18-5-3-6-19(12-18)23(24)25/h1-12,22H,14H2. The molecule has 0 spiro atoms. The maximum Gasteiger partial charge on any atom is 0.271 e. The van der Waals surface area contributed by atoms with E-state index in [-0.39, 0.29) is 5.69 Å². The van der Waals surface area contributed by atoms with Crippen molar-refractivity contribution in [2.45, 2.75) is 6.54 Å². The van der Waals surface area contributed by atoms with Gasteiger partial charge in [-0.05, 0) is 28.8 Å². The highest BCUT2D eigenvalue weighted by atomic mass is 16.6. The van der Waals surface area contributed by atoms with Crippen molar-refractivity contribution in [1.29, 1.82) is 5.26 Å². The van der Waals surface area contributed by atoms with E-state index in [1.807, 2.05) is 42.5 Å². The lowest BCUT2D eigenvalue weighted by Crippen LogP contribution is -2.00. The molecule has 0 aliphatic carbocycles. The van der Waals surface area contributed by atoms with E-state index in [1.165, 1.54) is 12.1 Å². The van der Waals surface area contributed by atoms with Gasteiger partial charge in [0.15, 0.2) is 0 Å². The number of nitro benzene ring substituents is 1. The van der Waals surface area contributed by atoms with Crippen LogP contribution in [0, 0.1) is 21.4 Å². The number of nitro groups is 1. The quantitative estimate of drug-likeness (QED) is 0.541. The first-order valence-electron chi connectivity index (χ1n) is 7.74. The molecule has 0 atom stereocenters. The van der Waals surface area contributed by atoms with Crippen LogP contribution in [-0.4, -0.2) is 4.92 Å². The fourth-order valence-corrected chi connectivity index (χ4v) is 2.57. The molecule has 0 heterocycles. The van der Waals surface area contributed by atoms with Gasteiger partial charge in [0.2, 0.25) is 0 Å². The zero-order chi connectivity index (χ0) is 17.6. The molecule has 0 unspecified atom stereocenters. The van der Waals surface area contributed by atoms with Gasteiger partial charge in [0, 0.05) is 24.4 Å². The van der Waals surface area contributed by atoms with Gasteiger partial charge in [0.05, 0.1) is 16.6 Å². The van der Waals surface area contributed by atoms with Gasteiger partial charge in [-0.2, -0.15) is 5.26 Å². The van der Waals surface area contributed by atoms with Crippen LogP contribution in [-0.2, 0) is 6.54 Å². The Labute approximate surface area is 145 Å². The molecule has 0 aliphatic rings. The van der Waals surface area contributed by atoms with Gasteiger partial charge in [-0.3, -0.25) is 10.1 Å². The summed E-state index contributed by atoms with van der Waals surface area (Å²) in [6.45, 7) is 0.557. The van der Waals surface area contributed by atoms with Crippen molar-refractivity contribution in [3.63, 3.8) is 0 Å². The highest BCUT2D eigenvalue weighted by Gasteiger charge is 2.06. The third kappa shape index (κ3) is 3.82. The predicted molar refractivity (Wildman–Crippen MR) is 97.0 cm³/mol. The number of hydrogen-bond donors (Lipinski definition) is 1. The Morgan fingerprint density at radius 3 is 2.48 bits per heavy atom. The normalized spacial score (nSPS) is 10.0. The molecule has 5 nitrogen and oxygen atoms in total. The van der Waals surface area contributed by atoms with Crippen molar-refractivity contribution in [3.8, 4) is 17.2 Å². The third-order valence-corrected chi connectivity index (χ3v) is 3.87. The number of nitrogens with zero attached hydrogens (tertiary/aromatic N) is 2. The molecule has 0 aromatic heterocycles. The van der Waals surface area contributed by atoms with Crippen LogP contribution in [0.2, 0.25) is 0 Å². The van der Waals surface area contributed by atoms with Crippen LogP contribution >= 0.6 is 0 Å². The molecule has 25 heavy (non-hydrogen) atoms. The second-order valence-corrected chi connectivity index (χ2v) is 5.52. The van der Waals surface area contributed by atoms with Crippen LogP contribution in [0.1, 0.15) is 11.1 Å². The van der Waals surface area contributed by atoms with Gasteiger partial charge in [0.25, 0.3) is 5.69 Å². The summed E-state index contributed by atoms with van der Waals surface area (Å²) >= 11 is 0. The van der Waals surface area contributed by atoms with Crippen molar-refractivity contribution in [2.24, 2.45) is 0 Å². The molecular formula is C20H15N3O2. The Morgan fingerprint density at radius 2 is 1.76 bits per heavy atom. The lowest BCUT2D eigenvalue weighted by atomic mass is 9.99. The molecule has 0 aliphatic heterocycles. The van der Waals surface area contributed by atoms with Gasteiger partial charge >= 0.3 is 0 Å². The Bertz CT molecular complexity index is 944. The van der Waals surface area contributed by atoms with Gasteiger partial charge in [-0.1, -0.05) is 48.5 Å². The second-order valence-electron chi connectivity index (χ2n) is 5.52. The number of non-ortho nitro benzene ring substituents is 1. The van der Waals surface area contributed by atoms with Crippen molar-refractivity contribution in [2.75, 3.05) is 5.32 Å². The molecule has 3 rings (SSSR count). The first kappa shape index (κ1) is 16.2. The minimum atomic E-state index is -0.410. The largest absolute Gasteiger partial charge is 0.381 e. The Morgan fingerprint density at radius 1 is 1.00 bits per heavy atom. The summed E-state index contributed by atoms with van der Waals surface area (Å²) < 4.78 is 0. The van der Waals surface area contributed by atoms with Crippen LogP contribution in [0.5, 0.6) is 0 Å². The van der Waals surface area contributed by atoms with Gasteiger partial charge < -0.3 is 5.32 Å². The van der Waals surface area contributed by atoms with E-state index in [0.717, 1.165) is 16.7 Å². The van der Waals surface area contributed by atoms with Crippen LogP contribution in [0.15, 0.2) is 72.8 Å². The number of nitriles is 1. The van der Waals surface area contributed by atoms with E-state index in [4.69, 9.17) is 0 Å². The molecular weight excluding hydrogens is 314 g/mol. The molecule has 0 bridgehead atoms. The predicted octanol–water partition coefficient (Wildman–Crippen LogP) is 4.75. The maximum atomic E-state index is 10.8. The summed E-state index contributed by atoms with van der Waals surface area (Å²) in [5.74, 6) is 0. The van der Waals surface area contributed by atoms with Gasteiger partial charge in [0.1, 0.15) is 0 Å². The molecule has 3 aromatic rings. The summed E-state index contributed by atoms with van der Waals surface area (Å²) in [7, 11) is 0. The van der Waals surface area contributed by atoms with Gasteiger partial charge in [-0.25, -0.2) is 0 Å². The van der Waals surface area contributed by atoms with E-state index < -0.39 is 4.92 Å². The number of anilines is 1. The second kappa shape index (κ2) is 7.28. The summed E-state index contributed by atoms with van der Waals surface area (Å²) in [5.41, 5.74) is 4.34. The lowest BCUT2D eigenvalue weighted by molar-refractivity contribution is -0.384. The lowest BCUT2D eigenvalue weighted by Gasteiger charge is -2.08. The molecule has 3 aromatic carbocycles. The monoisotopic (exact) mass is 329 g/mol. The van der Waals surface area contributed by atoms with Crippen LogP contribution < -0.4 is 5.32 Å². The Hall–Kier alpha value is -3.65. The van der Waals surface area contributed by atoms with E-state index >= 15 is 0 Å². The van der Waals surface area contributed by atoms with Gasteiger partial charge in [-0.15, -0.1) is 0 Å². The molecule has 0 radical (unpaired) electrons. The summed E-state index contributed by atoms with van der Waals surface area (Å²) in [4.78, 5) is 10.4. The minimum absolute atomic E-state index is 0.0634. The number of nitrogens with one attached hydrogen (secondary N) is 1. The molecule has 0 saturated heterocycles. The Balaban J connectivity index is 1.72. The van der Waals surface area contributed by atoms with Crippen molar-refractivity contribution in [3.05, 3.63) is 94.0 Å². The average molecular weight is 329 g/mol. The van der Waals surface area contributed by atoms with E-state index in [2.05, 4.69) is 11.4 Å². The molecule has 0 fully saturated rings. The number of hydrogen-bond acceptors (Lipinski definition) is 4. The minimum Gasteiger partial charge on any atom is -0.381 e. The molecule has 1 N–H and O–H groups in total. The Kier molecular flexibility index (Phi) is 4.72. The zero-order valence-electron chi connectivity index (χ0n) is 13.3. The fraction of sp³-hybridized carbons (Fsp3) is 0.0500. The van der Waals surface area contributed by atoms with Crippen LogP contribution in [0.25, 0.3) is 11.1 Å². The molecule has 5 heteroatoms. The smallest absolute Gasteiger partial charge is 0.271 e. The third-order valence-electron chi connectivity index (χ3n) is 3.87. The zero-order valence-corrected chi connectivity index (χ0v) is 13.3. The van der Waals surface area contributed by atoms with Crippen LogP contribution in [0.4, 0.5) is 11.4 Å². The SMILES string of the molecule is N#Cc1ccccc1-c1ccc(CNc2cccc([N+](=O)[O-])c2)cc1. The highest BCUT2D eigenvalue weighted by molar-refractivity contribution is 5.70. The van der Waals surface area contributed by atoms with Crippen molar-refractivity contribution >= 4 is 11.4 Å². The summed E-state index contributed by atoms with van der Waals surface area (Å²) in [5, 5.41) is 23.2.